The van der Waals surface area contributed by atoms with Crippen LogP contribution < -0.4 is 5.32 Å². The highest BCUT2D eigenvalue weighted by Gasteiger charge is 2.19. The van der Waals surface area contributed by atoms with Crippen LogP contribution in [-0.2, 0) is 0 Å². The van der Waals surface area contributed by atoms with E-state index in [2.05, 4.69) is 5.32 Å². The fourth-order valence-corrected chi connectivity index (χ4v) is 1.82. The number of aryl methyl sites for hydroxylation is 1. The molecule has 2 N–H and O–H groups in total. The van der Waals surface area contributed by atoms with Gasteiger partial charge >= 0.3 is 5.97 Å². The first-order valence-electron chi connectivity index (χ1n) is 6.93. The van der Waals surface area contributed by atoms with E-state index in [9.17, 15) is 13.6 Å². The summed E-state index contributed by atoms with van der Waals surface area (Å²) in [5.74, 6) is -3.06. The monoisotopic (exact) mass is 318 g/mol. The fraction of sp³-hybridized carbons (Fsp3) is 0.176. The van der Waals surface area contributed by atoms with Gasteiger partial charge in [0.05, 0.1) is 22.5 Å². The molecule has 0 radical (unpaired) electrons. The smallest absolute Gasteiger partial charge is 0.337 e. The third-order valence-corrected chi connectivity index (χ3v) is 2.88. The molecule has 0 amide bonds. The van der Waals surface area contributed by atoms with Crippen LogP contribution in [0.15, 0.2) is 30.3 Å². The number of halogens is 2. The fourth-order valence-electron chi connectivity index (χ4n) is 1.82. The Kier molecular flexibility index (Phi) is 6.22. The maximum Gasteiger partial charge on any atom is 0.337 e. The van der Waals surface area contributed by atoms with Crippen molar-refractivity contribution >= 4 is 17.3 Å². The molecule has 2 aromatic rings. The van der Waals surface area contributed by atoms with E-state index < -0.39 is 23.3 Å². The van der Waals surface area contributed by atoms with Crippen LogP contribution in [-0.4, -0.2) is 11.1 Å². The Hall–Kier alpha value is -2.94. The van der Waals surface area contributed by atoms with E-state index in [0.29, 0.717) is 5.56 Å². The molecule has 120 valence electrons. The summed E-state index contributed by atoms with van der Waals surface area (Å²) in [6.45, 7) is 5.69. The molecule has 0 atom stereocenters. The standard InChI is InChI=1S/C15H10F2N2O2.C2H6/c1-8-2-5-12(11(16)6-8)19-14-10(15(20)21)4-3-9(7-18)13(14)17;1-2/h2-6,19H,1H3,(H,20,21);1-2H3. The van der Waals surface area contributed by atoms with Gasteiger partial charge in [-0.1, -0.05) is 19.9 Å². The Morgan fingerprint density at radius 2 is 1.87 bits per heavy atom. The number of anilines is 2. The van der Waals surface area contributed by atoms with Gasteiger partial charge in [0.25, 0.3) is 0 Å². The number of nitriles is 1. The molecule has 0 saturated carbocycles. The topological polar surface area (TPSA) is 73.1 Å². The van der Waals surface area contributed by atoms with E-state index >= 15 is 0 Å². The largest absolute Gasteiger partial charge is 0.478 e. The zero-order valence-corrected chi connectivity index (χ0v) is 12.9. The molecule has 0 spiro atoms. The molecule has 0 aromatic heterocycles. The first kappa shape index (κ1) is 18.1. The zero-order chi connectivity index (χ0) is 17.6. The van der Waals surface area contributed by atoms with Crippen molar-refractivity contribution in [1.29, 1.82) is 5.26 Å². The second-order valence-electron chi connectivity index (χ2n) is 4.37. The average molecular weight is 318 g/mol. The highest BCUT2D eigenvalue weighted by atomic mass is 19.1. The molecule has 0 bridgehead atoms. The highest BCUT2D eigenvalue weighted by molar-refractivity contribution is 5.95. The third kappa shape index (κ3) is 4.04. The number of hydrogen-bond donors (Lipinski definition) is 2. The van der Waals surface area contributed by atoms with Crippen LogP contribution in [0.2, 0.25) is 0 Å². The van der Waals surface area contributed by atoms with Crippen LogP contribution in [0.3, 0.4) is 0 Å². The van der Waals surface area contributed by atoms with Crippen molar-refractivity contribution in [2.45, 2.75) is 20.8 Å². The summed E-state index contributed by atoms with van der Waals surface area (Å²) >= 11 is 0. The lowest BCUT2D eigenvalue weighted by Gasteiger charge is -2.12. The number of carboxylic acids is 1. The Morgan fingerprint density at radius 1 is 1.22 bits per heavy atom. The minimum atomic E-state index is -1.38. The normalized spacial score (nSPS) is 9.39. The Labute approximate surface area is 133 Å². The van der Waals surface area contributed by atoms with E-state index in [1.165, 1.54) is 12.1 Å². The predicted octanol–water partition coefficient (Wildman–Crippen LogP) is 4.61. The van der Waals surface area contributed by atoms with Gasteiger partial charge in [0.2, 0.25) is 0 Å². The lowest BCUT2D eigenvalue weighted by atomic mass is 10.1. The van der Waals surface area contributed by atoms with Crippen molar-refractivity contribution in [2.24, 2.45) is 0 Å². The molecule has 0 aliphatic rings. The number of rotatable bonds is 3. The minimum Gasteiger partial charge on any atom is -0.478 e. The number of carbonyl (C=O) groups is 1. The summed E-state index contributed by atoms with van der Waals surface area (Å²) < 4.78 is 27.9. The summed E-state index contributed by atoms with van der Waals surface area (Å²) in [5, 5.41) is 20.3. The molecular formula is C17H16F2N2O2. The van der Waals surface area contributed by atoms with Crippen molar-refractivity contribution in [2.75, 3.05) is 5.32 Å². The van der Waals surface area contributed by atoms with Crippen LogP contribution in [0.5, 0.6) is 0 Å². The van der Waals surface area contributed by atoms with Crippen molar-refractivity contribution in [3.05, 3.63) is 58.7 Å². The second-order valence-corrected chi connectivity index (χ2v) is 4.37. The van der Waals surface area contributed by atoms with Crippen LogP contribution in [0.25, 0.3) is 0 Å². The summed E-state index contributed by atoms with van der Waals surface area (Å²) in [4.78, 5) is 11.1. The van der Waals surface area contributed by atoms with Gasteiger partial charge in [0, 0.05) is 0 Å². The molecule has 4 nitrogen and oxygen atoms in total. The van der Waals surface area contributed by atoms with E-state index in [1.807, 2.05) is 13.8 Å². The van der Waals surface area contributed by atoms with Gasteiger partial charge in [-0.2, -0.15) is 5.26 Å². The minimum absolute atomic E-state index is 0.0721. The van der Waals surface area contributed by atoms with Gasteiger partial charge in [-0.3, -0.25) is 0 Å². The molecule has 2 rings (SSSR count). The Morgan fingerprint density at radius 3 is 2.39 bits per heavy atom. The molecule has 0 fully saturated rings. The van der Waals surface area contributed by atoms with Crippen molar-refractivity contribution in [3.8, 4) is 6.07 Å². The first-order valence-corrected chi connectivity index (χ1v) is 6.93. The lowest BCUT2D eigenvalue weighted by molar-refractivity contribution is 0.0697. The van der Waals surface area contributed by atoms with Crippen LogP contribution in [0.1, 0.15) is 35.3 Å². The van der Waals surface area contributed by atoms with E-state index in [1.54, 1.807) is 19.1 Å². The molecular weight excluding hydrogens is 302 g/mol. The maximum absolute atomic E-state index is 14.1. The van der Waals surface area contributed by atoms with Crippen molar-refractivity contribution in [1.82, 2.24) is 0 Å². The number of nitrogens with zero attached hydrogens (tertiary/aromatic N) is 1. The molecule has 6 heteroatoms. The van der Waals surface area contributed by atoms with Crippen LogP contribution in [0.4, 0.5) is 20.2 Å². The van der Waals surface area contributed by atoms with E-state index in [4.69, 9.17) is 10.4 Å². The van der Waals surface area contributed by atoms with Gasteiger partial charge in [-0.25, -0.2) is 13.6 Å². The Balaban J connectivity index is 0.00000127. The molecule has 2 aromatic carbocycles. The first-order chi connectivity index (χ1) is 10.9. The summed E-state index contributed by atoms with van der Waals surface area (Å²) in [7, 11) is 0. The second kappa shape index (κ2) is 7.90. The van der Waals surface area contributed by atoms with Crippen molar-refractivity contribution in [3.63, 3.8) is 0 Å². The number of hydrogen-bond acceptors (Lipinski definition) is 3. The highest BCUT2D eigenvalue weighted by Crippen LogP contribution is 2.28. The zero-order valence-electron chi connectivity index (χ0n) is 12.9. The molecule has 0 heterocycles. The molecule has 23 heavy (non-hydrogen) atoms. The van der Waals surface area contributed by atoms with Gasteiger partial charge in [0.15, 0.2) is 5.82 Å². The molecule has 0 unspecified atom stereocenters. The maximum atomic E-state index is 14.1. The van der Waals surface area contributed by atoms with Gasteiger partial charge < -0.3 is 10.4 Å². The average Bonchev–Trinajstić information content (AvgIpc) is 2.53. The van der Waals surface area contributed by atoms with E-state index in [0.717, 1.165) is 12.1 Å². The molecule has 0 saturated heterocycles. The number of carboxylic acid groups (broad SMARTS) is 1. The quantitative estimate of drug-likeness (QED) is 0.866. The van der Waals surface area contributed by atoms with E-state index in [-0.39, 0.29) is 16.8 Å². The number of benzene rings is 2. The third-order valence-electron chi connectivity index (χ3n) is 2.88. The number of nitrogens with one attached hydrogen (secondary N) is 1. The number of aromatic carboxylic acids is 1. The van der Waals surface area contributed by atoms with Gasteiger partial charge in [-0.15, -0.1) is 0 Å². The lowest BCUT2D eigenvalue weighted by Crippen LogP contribution is -2.07. The van der Waals surface area contributed by atoms with Gasteiger partial charge in [-0.05, 0) is 36.8 Å². The van der Waals surface area contributed by atoms with Crippen LogP contribution >= 0.6 is 0 Å². The summed E-state index contributed by atoms with van der Waals surface area (Å²) in [6, 6.07) is 7.97. The predicted molar refractivity (Wildman–Crippen MR) is 83.8 cm³/mol. The van der Waals surface area contributed by atoms with Gasteiger partial charge in [0.1, 0.15) is 11.9 Å². The SMILES string of the molecule is CC.Cc1ccc(Nc2c(C(=O)O)ccc(C#N)c2F)c(F)c1. The van der Waals surface area contributed by atoms with Crippen LogP contribution in [0, 0.1) is 29.9 Å². The molecule has 0 aliphatic heterocycles. The molecule has 0 aliphatic carbocycles. The van der Waals surface area contributed by atoms with Crippen molar-refractivity contribution < 1.29 is 18.7 Å². The summed E-state index contributed by atoms with van der Waals surface area (Å²) in [5.41, 5.74) is -0.550. The Bertz CT molecular complexity index is 768. The summed E-state index contributed by atoms with van der Waals surface area (Å²) in [6.07, 6.45) is 0.